The van der Waals surface area contributed by atoms with E-state index in [1.807, 2.05) is 0 Å². The zero-order chi connectivity index (χ0) is 32.6. The van der Waals surface area contributed by atoms with E-state index in [-0.39, 0.29) is 46.8 Å². The monoisotopic (exact) mass is 660 g/mol. The smallest absolute Gasteiger partial charge is 0.353 e. The van der Waals surface area contributed by atoms with E-state index in [4.69, 9.17) is 20.7 Å². The van der Waals surface area contributed by atoms with Crippen LogP contribution in [0.15, 0.2) is 22.2 Å². The Balaban J connectivity index is 1.42. The van der Waals surface area contributed by atoms with E-state index in [9.17, 15) is 39.5 Å². The van der Waals surface area contributed by atoms with Crippen LogP contribution in [0.4, 0.5) is 11.9 Å². The van der Waals surface area contributed by atoms with Crippen LogP contribution in [0.2, 0.25) is 0 Å². The molecule has 22 heteroatoms. The lowest BCUT2D eigenvalue weighted by Gasteiger charge is -2.36. The molecule has 8 atom stereocenters. The molecule has 0 saturated carbocycles. The normalized spacial score (nSPS) is 18.5. The number of aliphatic hydroxyl groups is 4. The van der Waals surface area contributed by atoms with E-state index in [1.165, 1.54) is 6.92 Å². The number of aromatic amines is 2. The van der Waals surface area contributed by atoms with Crippen molar-refractivity contribution in [2.24, 2.45) is 5.92 Å². The number of aromatic nitrogens is 8. The van der Waals surface area contributed by atoms with Gasteiger partial charge in [-0.05, 0) is 19.5 Å². The highest BCUT2D eigenvalue weighted by Gasteiger charge is 2.40. The zero-order valence-corrected chi connectivity index (χ0v) is 25.6. The third-order valence-corrected chi connectivity index (χ3v) is 8.47. The summed E-state index contributed by atoms with van der Waals surface area (Å²) in [4.78, 5) is 54.8. The molecule has 4 aromatic rings. The van der Waals surface area contributed by atoms with Crippen LogP contribution in [-0.4, -0.2) is 101 Å². The van der Waals surface area contributed by atoms with E-state index in [0.29, 0.717) is 0 Å². The molecule has 20 nitrogen and oxygen atoms in total. The van der Waals surface area contributed by atoms with Gasteiger partial charge in [0.1, 0.15) is 18.7 Å². The molecular weight excluding hydrogens is 626 g/mol. The van der Waals surface area contributed by atoms with Gasteiger partial charge in [-0.15, -0.1) is 9.24 Å². The molecule has 0 radical (unpaired) electrons. The topological polar surface area (TPSA) is 316 Å². The summed E-state index contributed by atoms with van der Waals surface area (Å²) in [6.45, 7) is 2.20. The van der Waals surface area contributed by atoms with Crippen molar-refractivity contribution in [3.63, 3.8) is 0 Å². The Morgan fingerprint density at radius 2 is 1.52 bits per heavy atom. The van der Waals surface area contributed by atoms with Crippen molar-refractivity contribution < 1.29 is 39.1 Å². The molecule has 0 aliphatic rings. The number of H-pyrrole nitrogens is 2. The molecule has 0 fully saturated rings. The average Bonchev–Trinajstić information content (AvgIpc) is 3.57. The number of nitrogen functional groups attached to an aromatic ring is 2. The van der Waals surface area contributed by atoms with Gasteiger partial charge in [0.05, 0.1) is 31.0 Å². The maximum atomic E-state index is 12.8. The SMILES string of the molecule is CCC(C(O)n1cnc2c(=O)[nH]c(N)nc21)C(C)(O)COP(=O)(O)COC(CP)C(O)C(O)n1cnc2c(=O)[nH]c(N)nc21. The molecule has 0 aromatic carbocycles. The van der Waals surface area contributed by atoms with Crippen LogP contribution < -0.4 is 22.6 Å². The molecule has 0 aliphatic heterocycles. The number of ether oxygens (including phenoxy) is 1. The fraction of sp³-hybridized carbons (Fsp3) is 0.545. The predicted molar refractivity (Wildman–Crippen MR) is 158 cm³/mol. The highest BCUT2D eigenvalue weighted by molar-refractivity contribution is 7.52. The maximum Gasteiger partial charge on any atom is 0.353 e. The predicted octanol–water partition coefficient (Wildman–Crippen LogP) is -2.04. The lowest BCUT2D eigenvalue weighted by molar-refractivity contribution is -0.111. The summed E-state index contributed by atoms with van der Waals surface area (Å²) < 4.78 is 25.5. The largest absolute Gasteiger partial charge is 0.387 e. The van der Waals surface area contributed by atoms with Crippen molar-refractivity contribution in [2.75, 3.05) is 30.6 Å². The molecule has 8 unspecified atom stereocenters. The van der Waals surface area contributed by atoms with E-state index < -0.39 is 67.9 Å². The minimum absolute atomic E-state index is 0.0108. The van der Waals surface area contributed by atoms with Crippen LogP contribution in [-0.2, 0) is 13.8 Å². The van der Waals surface area contributed by atoms with E-state index >= 15 is 0 Å². The van der Waals surface area contributed by atoms with Crippen LogP contribution >= 0.6 is 16.8 Å². The second kappa shape index (κ2) is 13.0. The highest BCUT2D eigenvalue weighted by Crippen LogP contribution is 2.44. The molecule has 242 valence electrons. The van der Waals surface area contributed by atoms with Crippen LogP contribution in [0, 0.1) is 5.92 Å². The molecule has 4 rings (SSSR count). The van der Waals surface area contributed by atoms with Crippen molar-refractivity contribution in [3.05, 3.63) is 33.4 Å². The molecule has 0 bridgehead atoms. The van der Waals surface area contributed by atoms with Crippen molar-refractivity contribution in [1.82, 2.24) is 39.0 Å². The number of nitrogens with zero attached hydrogens (tertiary/aromatic N) is 6. The van der Waals surface area contributed by atoms with E-state index in [1.54, 1.807) is 6.92 Å². The van der Waals surface area contributed by atoms with Crippen molar-refractivity contribution in [1.29, 1.82) is 0 Å². The molecule has 0 saturated heterocycles. The molecule has 11 N–H and O–H groups in total. The van der Waals surface area contributed by atoms with Gasteiger partial charge in [0.2, 0.25) is 11.9 Å². The first-order valence-electron chi connectivity index (χ1n) is 13.1. The third kappa shape index (κ3) is 6.83. The van der Waals surface area contributed by atoms with E-state index in [2.05, 4.69) is 39.1 Å². The van der Waals surface area contributed by atoms with Gasteiger partial charge in [-0.1, -0.05) is 6.92 Å². The Kier molecular flexibility index (Phi) is 9.89. The Bertz CT molecular complexity index is 1790. The minimum Gasteiger partial charge on any atom is -0.387 e. The van der Waals surface area contributed by atoms with Crippen LogP contribution in [0.25, 0.3) is 22.3 Å². The Morgan fingerprint density at radius 1 is 1.02 bits per heavy atom. The first kappa shape index (κ1) is 33.6. The molecule has 0 amide bonds. The molecule has 4 heterocycles. The zero-order valence-electron chi connectivity index (χ0n) is 23.5. The highest BCUT2D eigenvalue weighted by atomic mass is 31.2. The minimum atomic E-state index is -4.58. The molecule has 0 aliphatic carbocycles. The molecule has 0 spiro atoms. The van der Waals surface area contributed by atoms with Crippen LogP contribution in [0.1, 0.15) is 32.7 Å². The summed E-state index contributed by atoms with van der Waals surface area (Å²) >= 11 is 0. The quantitative estimate of drug-likeness (QED) is 0.0658. The van der Waals surface area contributed by atoms with Crippen molar-refractivity contribution >= 4 is 51.1 Å². The van der Waals surface area contributed by atoms with Gasteiger partial charge in [-0.2, -0.15) is 9.97 Å². The number of aliphatic hydroxyl groups excluding tert-OH is 3. The molecule has 44 heavy (non-hydrogen) atoms. The average molecular weight is 661 g/mol. The molecular formula is C22H34N10O10P2. The summed E-state index contributed by atoms with van der Waals surface area (Å²) in [5.41, 5.74) is 7.61. The number of nitrogens with one attached hydrogen (secondary N) is 2. The standard InChI is InChI=1S/C22H34N10O10P2/c1-3-9(18(36)31-6-25-11-14(31)27-20(23)29-16(11)34)22(2,38)5-42-44(39,40)8-41-10(4-43)13(33)19(37)32-7-26-12-15(32)28-21(24)30-17(12)35/h6-7,9-10,13,18-19,33,36-38H,3-5,8,43H2,1-2H3,(H,39,40)(H3,23,27,29,34)(H3,24,28,30,35). The summed E-state index contributed by atoms with van der Waals surface area (Å²) in [6, 6.07) is 0. The number of imidazole rings is 2. The summed E-state index contributed by atoms with van der Waals surface area (Å²) in [5, 5.41) is 43.8. The summed E-state index contributed by atoms with van der Waals surface area (Å²) in [5.74, 6) is -1.47. The number of rotatable bonds is 14. The third-order valence-electron chi connectivity index (χ3n) is 7.00. The van der Waals surface area contributed by atoms with Gasteiger partial charge < -0.3 is 46.0 Å². The summed E-state index contributed by atoms with van der Waals surface area (Å²) in [6.07, 6.45) is -4.77. The first-order chi connectivity index (χ1) is 20.6. The number of anilines is 2. The van der Waals surface area contributed by atoms with Gasteiger partial charge in [0, 0.05) is 5.92 Å². The van der Waals surface area contributed by atoms with Crippen LogP contribution in [0.5, 0.6) is 0 Å². The lowest BCUT2D eigenvalue weighted by atomic mass is 9.86. The lowest BCUT2D eigenvalue weighted by Crippen LogP contribution is -2.43. The van der Waals surface area contributed by atoms with Gasteiger partial charge in [0.25, 0.3) is 11.1 Å². The van der Waals surface area contributed by atoms with Gasteiger partial charge >= 0.3 is 7.60 Å². The van der Waals surface area contributed by atoms with Gasteiger partial charge in [-0.25, -0.2) is 9.97 Å². The molecule has 4 aromatic heterocycles. The number of hydrogen-bond acceptors (Lipinski definition) is 15. The summed E-state index contributed by atoms with van der Waals surface area (Å²) in [7, 11) is -2.32. The maximum absolute atomic E-state index is 12.8. The Morgan fingerprint density at radius 3 is 2.00 bits per heavy atom. The van der Waals surface area contributed by atoms with Gasteiger partial charge in [0.15, 0.2) is 28.6 Å². The number of nitrogens with two attached hydrogens (primary N) is 2. The number of hydrogen-bond donors (Lipinski definition) is 9. The van der Waals surface area contributed by atoms with Crippen molar-refractivity contribution in [2.45, 2.75) is 50.5 Å². The number of fused-ring (bicyclic) bond motifs is 2. The van der Waals surface area contributed by atoms with Crippen molar-refractivity contribution in [3.8, 4) is 0 Å². The Labute approximate surface area is 249 Å². The van der Waals surface area contributed by atoms with Gasteiger partial charge in [-0.3, -0.25) is 33.3 Å². The fourth-order valence-corrected chi connectivity index (χ4v) is 6.00. The van der Waals surface area contributed by atoms with Crippen LogP contribution in [0.3, 0.4) is 0 Å². The van der Waals surface area contributed by atoms with E-state index in [0.717, 1.165) is 21.8 Å². The second-order valence-corrected chi connectivity index (χ2v) is 12.5. The first-order valence-corrected chi connectivity index (χ1v) is 15.7. The Hall–Kier alpha value is -3.32. The fourth-order valence-electron chi connectivity index (χ4n) is 4.67. The second-order valence-electron chi connectivity index (χ2n) is 10.2.